The molecule has 0 amide bonds. The third-order valence-electron chi connectivity index (χ3n) is 13.1. The first kappa shape index (κ1) is 36.9. The SMILES string of the molecule is c1ccc(-c2cc(-c3ccc(-c4ccc(-c5cccc6oc7c8ccccc8c(-c8ccc9c%10ccccc%10c%10ccccc%10c9c8)cc7c56)cc4)cc3)nc(-c3ccccc3)n2)cc1. The Labute approximate surface area is 375 Å². The van der Waals surface area contributed by atoms with Crippen LogP contribution in [0.25, 0.3) is 132 Å². The second kappa shape index (κ2) is 15.0. The Hall–Kier alpha value is -8.66. The van der Waals surface area contributed by atoms with Gasteiger partial charge in [-0.25, -0.2) is 9.97 Å². The van der Waals surface area contributed by atoms with Gasteiger partial charge >= 0.3 is 0 Å². The average molecular weight is 827 g/mol. The zero-order chi connectivity index (χ0) is 42.8. The van der Waals surface area contributed by atoms with Crippen molar-refractivity contribution in [3.63, 3.8) is 0 Å². The van der Waals surface area contributed by atoms with Crippen LogP contribution in [0.5, 0.6) is 0 Å². The molecule has 0 aliphatic rings. The molecule has 0 N–H and O–H groups in total. The van der Waals surface area contributed by atoms with Crippen molar-refractivity contribution in [2.24, 2.45) is 0 Å². The molecule has 0 bridgehead atoms. The minimum absolute atomic E-state index is 0.711. The van der Waals surface area contributed by atoms with E-state index in [0.717, 1.165) is 77.7 Å². The Morgan fingerprint density at radius 2 is 0.738 bits per heavy atom. The number of benzene rings is 11. The number of nitrogens with zero attached hydrogens (tertiary/aromatic N) is 2. The van der Waals surface area contributed by atoms with Crippen molar-refractivity contribution in [3.8, 4) is 67.3 Å². The summed E-state index contributed by atoms with van der Waals surface area (Å²) in [7, 11) is 0. The number of aromatic nitrogens is 2. The zero-order valence-corrected chi connectivity index (χ0v) is 35.2. The lowest BCUT2D eigenvalue weighted by molar-refractivity contribution is 0.673. The van der Waals surface area contributed by atoms with Crippen molar-refractivity contribution >= 4 is 65.0 Å². The summed E-state index contributed by atoms with van der Waals surface area (Å²) >= 11 is 0. The molecule has 0 unspecified atom stereocenters. The molecule has 0 fully saturated rings. The van der Waals surface area contributed by atoms with Gasteiger partial charge in [0.2, 0.25) is 0 Å². The molecule has 2 heterocycles. The maximum absolute atomic E-state index is 6.79. The van der Waals surface area contributed by atoms with E-state index in [-0.39, 0.29) is 0 Å². The minimum atomic E-state index is 0.711. The first-order valence-corrected chi connectivity index (χ1v) is 22.1. The van der Waals surface area contributed by atoms with E-state index in [4.69, 9.17) is 14.4 Å². The van der Waals surface area contributed by atoms with Gasteiger partial charge in [0.15, 0.2) is 5.82 Å². The van der Waals surface area contributed by atoms with Gasteiger partial charge < -0.3 is 4.42 Å². The van der Waals surface area contributed by atoms with Crippen LogP contribution in [-0.4, -0.2) is 9.97 Å². The molecule has 0 aliphatic heterocycles. The summed E-state index contributed by atoms with van der Waals surface area (Å²) < 4.78 is 6.79. The molecule has 3 nitrogen and oxygen atoms in total. The lowest BCUT2D eigenvalue weighted by Gasteiger charge is -2.13. The van der Waals surface area contributed by atoms with Crippen molar-refractivity contribution in [1.82, 2.24) is 9.97 Å². The van der Waals surface area contributed by atoms with E-state index in [0.29, 0.717) is 5.82 Å². The van der Waals surface area contributed by atoms with Crippen LogP contribution < -0.4 is 0 Å². The van der Waals surface area contributed by atoms with Crippen LogP contribution in [0.15, 0.2) is 235 Å². The highest BCUT2D eigenvalue weighted by Crippen LogP contribution is 2.45. The van der Waals surface area contributed by atoms with Crippen molar-refractivity contribution in [2.45, 2.75) is 0 Å². The highest BCUT2D eigenvalue weighted by atomic mass is 16.3. The molecule has 0 saturated heterocycles. The number of fused-ring (bicyclic) bond motifs is 11. The summed E-state index contributed by atoms with van der Waals surface area (Å²) in [4.78, 5) is 10.0. The zero-order valence-electron chi connectivity index (χ0n) is 35.2. The number of hydrogen-bond donors (Lipinski definition) is 0. The predicted octanol–water partition coefficient (Wildman–Crippen LogP) is 17.0. The van der Waals surface area contributed by atoms with Gasteiger partial charge in [-0.15, -0.1) is 0 Å². The fraction of sp³-hybridized carbons (Fsp3) is 0. The van der Waals surface area contributed by atoms with E-state index >= 15 is 0 Å². The van der Waals surface area contributed by atoms with Crippen molar-refractivity contribution < 1.29 is 4.42 Å². The van der Waals surface area contributed by atoms with Gasteiger partial charge in [0.05, 0.1) is 11.4 Å². The van der Waals surface area contributed by atoms with Crippen LogP contribution in [-0.2, 0) is 0 Å². The third kappa shape index (κ3) is 6.20. The maximum atomic E-state index is 6.79. The molecule has 11 aromatic carbocycles. The van der Waals surface area contributed by atoms with E-state index in [2.05, 4.69) is 194 Å². The van der Waals surface area contributed by atoms with Gasteiger partial charge in [-0.2, -0.15) is 0 Å². The number of hydrogen-bond acceptors (Lipinski definition) is 3. The maximum Gasteiger partial charge on any atom is 0.160 e. The Kier molecular flexibility index (Phi) is 8.53. The molecule has 2 aromatic heterocycles. The van der Waals surface area contributed by atoms with Crippen LogP contribution in [0, 0.1) is 0 Å². The van der Waals surface area contributed by atoms with E-state index < -0.39 is 0 Å². The molecule has 3 heteroatoms. The van der Waals surface area contributed by atoms with Crippen LogP contribution in [0.2, 0.25) is 0 Å². The monoisotopic (exact) mass is 826 g/mol. The Morgan fingerprint density at radius 1 is 0.262 bits per heavy atom. The summed E-state index contributed by atoms with van der Waals surface area (Å²) in [5.74, 6) is 0.711. The van der Waals surface area contributed by atoms with Crippen LogP contribution in [0.4, 0.5) is 0 Å². The molecule has 0 atom stereocenters. The fourth-order valence-corrected chi connectivity index (χ4v) is 9.95. The van der Waals surface area contributed by atoms with Gasteiger partial charge in [-0.05, 0) is 95.3 Å². The summed E-state index contributed by atoms with van der Waals surface area (Å²) in [6, 6.07) is 82.2. The molecule has 13 aromatic rings. The molecule has 302 valence electrons. The summed E-state index contributed by atoms with van der Waals surface area (Å²) in [5, 5.41) is 12.2. The smallest absolute Gasteiger partial charge is 0.160 e. The van der Waals surface area contributed by atoms with Crippen molar-refractivity contribution in [3.05, 3.63) is 231 Å². The molecule has 0 saturated carbocycles. The lowest BCUT2D eigenvalue weighted by atomic mass is 9.89. The van der Waals surface area contributed by atoms with Gasteiger partial charge in [-0.3, -0.25) is 0 Å². The van der Waals surface area contributed by atoms with Gasteiger partial charge in [0.1, 0.15) is 11.2 Å². The quantitative estimate of drug-likeness (QED) is 0.157. The van der Waals surface area contributed by atoms with E-state index in [1.54, 1.807) is 0 Å². The Bertz CT molecular complexity index is 3870. The second-order valence-corrected chi connectivity index (χ2v) is 16.8. The Balaban J connectivity index is 0.889. The fourth-order valence-electron chi connectivity index (χ4n) is 9.95. The molecule has 0 radical (unpaired) electrons. The van der Waals surface area contributed by atoms with E-state index in [1.807, 2.05) is 36.4 Å². The van der Waals surface area contributed by atoms with E-state index in [1.165, 1.54) is 48.8 Å². The van der Waals surface area contributed by atoms with Crippen molar-refractivity contribution in [1.29, 1.82) is 0 Å². The largest absolute Gasteiger partial charge is 0.455 e. The molecular weight excluding hydrogens is 789 g/mol. The highest BCUT2D eigenvalue weighted by Gasteiger charge is 2.19. The Morgan fingerprint density at radius 3 is 1.37 bits per heavy atom. The first-order chi connectivity index (χ1) is 32.2. The average Bonchev–Trinajstić information content (AvgIpc) is 3.78. The molecule has 0 aliphatic carbocycles. The standard InChI is InChI=1S/C62H38N2O/c1-3-14-42(15-4-1)57-38-58(64-62(63-57)44-16-5-2-6-17-44)43-32-28-40(29-33-43)39-26-30-41(31-27-39)46-24-13-25-59-60(46)56-37-54(51-22-11-12-23-53(51)61(56)65-59)45-34-35-52-49-20-8-7-18-47(49)48-19-9-10-21-50(48)55(52)36-45/h1-38H. The van der Waals surface area contributed by atoms with Gasteiger partial charge in [0, 0.05) is 32.8 Å². The summed E-state index contributed by atoms with van der Waals surface area (Å²) in [6.07, 6.45) is 0. The minimum Gasteiger partial charge on any atom is -0.455 e. The number of furan rings is 1. The topological polar surface area (TPSA) is 38.9 Å². The second-order valence-electron chi connectivity index (χ2n) is 16.8. The normalized spacial score (nSPS) is 11.7. The predicted molar refractivity (Wildman–Crippen MR) is 272 cm³/mol. The van der Waals surface area contributed by atoms with Gasteiger partial charge in [0.25, 0.3) is 0 Å². The van der Waals surface area contributed by atoms with Gasteiger partial charge in [-0.1, -0.05) is 206 Å². The summed E-state index contributed by atoms with van der Waals surface area (Å²) in [5.41, 5.74) is 13.6. The molecular formula is C62H38N2O. The van der Waals surface area contributed by atoms with Crippen LogP contribution >= 0.6 is 0 Å². The van der Waals surface area contributed by atoms with Crippen LogP contribution in [0.3, 0.4) is 0 Å². The molecule has 65 heavy (non-hydrogen) atoms. The lowest BCUT2D eigenvalue weighted by Crippen LogP contribution is -1.95. The molecule has 0 spiro atoms. The summed E-state index contributed by atoms with van der Waals surface area (Å²) in [6.45, 7) is 0. The molecule has 13 rings (SSSR count). The van der Waals surface area contributed by atoms with Crippen LogP contribution in [0.1, 0.15) is 0 Å². The van der Waals surface area contributed by atoms with Crippen molar-refractivity contribution in [2.75, 3.05) is 0 Å². The number of rotatable bonds is 6. The third-order valence-corrected chi connectivity index (χ3v) is 13.1. The first-order valence-electron chi connectivity index (χ1n) is 22.1. The highest BCUT2D eigenvalue weighted by molar-refractivity contribution is 6.27. The van der Waals surface area contributed by atoms with E-state index in [9.17, 15) is 0 Å².